The SMILES string of the molecule is C=CCNC(=O)C(C)n1ccc2ccccc21. The molecule has 3 heteroatoms. The van der Waals surface area contributed by atoms with Gasteiger partial charge in [-0.1, -0.05) is 24.3 Å². The molecule has 2 rings (SSSR count). The molecule has 0 aliphatic carbocycles. The molecule has 0 aliphatic rings. The van der Waals surface area contributed by atoms with Gasteiger partial charge in [-0.25, -0.2) is 0 Å². The van der Waals surface area contributed by atoms with Crippen molar-refractivity contribution in [2.45, 2.75) is 13.0 Å². The number of fused-ring (bicyclic) bond motifs is 1. The second-order valence-electron chi connectivity index (χ2n) is 3.99. The van der Waals surface area contributed by atoms with Gasteiger partial charge in [0.25, 0.3) is 0 Å². The van der Waals surface area contributed by atoms with Gasteiger partial charge in [-0.05, 0) is 24.4 Å². The normalized spacial score (nSPS) is 12.3. The second kappa shape index (κ2) is 4.87. The maximum absolute atomic E-state index is 11.9. The second-order valence-corrected chi connectivity index (χ2v) is 3.99. The van der Waals surface area contributed by atoms with E-state index in [1.54, 1.807) is 6.08 Å². The topological polar surface area (TPSA) is 34.0 Å². The molecule has 0 aliphatic heterocycles. The summed E-state index contributed by atoms with van der Waals surface area (Å²) in [4.78, 5) is 11.9. The summed E-state index contributed by atoms with van der Waals surface area (Å²) in [5.41, 5.74) is 1.08. The minimum absolute atomic E-state index is 0.00579. The number of nitrogens with one attached hydrogen (secondary N) is 1. The smallest absolute Gasteiger partial charge is 0.243 e. The molecule has 2 aromatic rings. The van der Waals surface area contributed by atoms with Crippen LogP contribution in [-0.2, 0) is 4.79 Å². The Hall–Kier alpha value is -2.03. The summed E-state index contributed by atoms with van der Waals surface area (Å²) in [6.45, 7) is 5.98. The Morgan fingerprint density at radius 1 is 1.47 bits per heavy atom. The van der Waals surface area contributed by atoms with Crippen LogP contribution in [0.5, 0.6) is 0 Å². The van der Waals surface area contributed by atoms with Crippen LogP contribution in [0.4, 0.5) is 0 Å². The van der Waals surface area contributed by atoms with E-state index in [9.17, 15) is 4.79 Å². The van der Waals surface area contributed by atoms with Crippen LogP contribution in [0.1, 0.15) is 13.0 Å². The fourth-order valence-corrected chi connectivity index (χ4v) is 1.89. The highest BCUT2D eigenvalue weighted by molar-refractivity contribution is 5.85. The van der Waals surface area contributed by atoms with E-state index in [2.05, 4.69) is 11.9 Å². The highest BCUT2D eigenvalue weighted by Crippen LogP contribution is 2.19. The molecule has 1 unspecified atom stereocenters. The molecule has 0 bridgehead atoms. The molecule has 0 saturated heterocycles. The van der Waals surface area contributed by atoms with Crippen molar-refractivity contribution in [1.82, 2.24) is 9.88 Å². The molecule has 1 aromatic carbocycles. The Labute approximate surface area is 101 Å². The van der Waals surface area contributed by atoms with Gasteiger partial charge in [0.1, 0.15) is 6.04 Å². The number of para-hydroxylation sites is 1. The van der Waals surface area contributed by atoms with Crippen molar-refractivity contribution in [3.63, 3.8) is 0 Å². The third kappa shape index (κ3) is 2.23. The first-order valence-electron chi connectivity index (χ1n) is 5.68. The maximum atomic E-state index is 11.9. The first kappa shape index (κ1) is 11.5. The molecule has 88 valence electrons. The van der Waals surface area contributed by atoms with Crippen LogP contribution in [0.25, 0.3) is 10.9 Å². The molecule has 1 atom stereocenters. The monoisotopic (exact) mass is 228 g/mol. The molecule has 1 aromatic heterocycles. The van der Waals surface area contributed by atoms with Gasteiger partial charge in [-0.3, -0.25) is 4.79 Å². The first-order valence-corrected chi connectivity index (χ1v) is 5.68. The average molecular weight is 228 g/mol. The van der Waals surface area contributed by atoms with Crippen molar-refractivity contribution < 1.29 is 4.79 Å². The van der Waals surface area contributed by atoms with E-state index in [0.29, 0.717) is 6.54 Å². The van der Waals surface area contributed by atoms with Crippen molar-refractivity contribution in [3.05, 3.63) is 49.2 Å². The summed E-state index contributed by atoms with van der Waals surface area (Å²) >= 11 is 0. The zero-order valence-corrected chi connectivity index (χ0v) is 9.89. The van der Waals surface area contributed by atoms with Gasteiger partial charge in [0.2, 0.25) is 5.91 Å². The van der Waals surface area contributed by atoms with Crippen LogP contribution in [0.2, 0.25) is 0 Å². The summed E-state index contributed by atoms with van der Waals surface area (Å²) in [5.74, 6) is 0.00579. The number of nitrogens with zero attached hydrogens (tertiary/aromatic N) is 1. The van der Waals surface area contributed by atoms with Crippen molar-refractivity contribution in [2.24, 2.45) is 0 Å². The molecule has 17 heavy (non-hydrogen) atoms. The van der Waals surface area contributed by atoms with Gasteiger partial charge >= 0.3 is 0 Å². The van der Waals surface area contributed by atoms with Crippen molar-refractivity contribution in [2.75, 3.05) is 6.54 Å². The standard InChI is InChI=1S/C14H16N2O/c1-3-9-15-14(17)11(2)16-10-8-12-6-4-5-7-13(12)16/h3-8,10-11H,1,9H2,2H3,(H,15,17). The molecule has 1 amide bonds. The summed E-state index contributed by atoms with van der Waals surface area (Å²) in [7, 11) is 0. The van der Waals surface area contributed by atoms with E-state index in [-0.39, 0.29) is 11.9 Å². The number of benzene rings is 1. The molecular formula is C14H16N2O. The van der Waals surface area contributed by atoms with Crippen molar-refractivity contribution in [1.29, 1.82) is 0 Å². The molecular weight excluding hydrogens is 212 g/mol. The summed E-state index contributed by atoms with van der Waals surface area (Å²) in [5, 5.41) is 3.96. The van der Waals surface area contributed by atoms with Crippen molar-refractivity contribution >= 4 is 16.8 Å². The molecule has 1 N–H and O–H groups in total. The van der Waals surface area contributed by atoms with Crippen LogP contribution in [0.3, 0.4) is 0 Å². The van der Waals surface area contributed by atoms with Gasteiger partial charge in [-0.15, -0.1) is 6.58 Å². The number of carbonyl (C=O) groups is 1. The van der Waals surface area contributed by atoms with Crippen molar-refractivity contribution in [3.8, 4) is 0 Å². The van der Waals surface area contributed by atoms with Crippen LogP contribution in [0.15, 0.2) is 49.2 Å². The fraction of sp³-hybridized carbons (Fsp3) is 0.214. The summed E-state index contributed by atoms with van der Waals surface area (Å²) in [6, 6.07) is 9.84. The Morgan fingerprint density at radius 2 is 2.24 bits per heavy atom. The van der Waals surface area contributed by atoms with E-state index in [1.165, 1.54) is 0 Å². The number of hydrogen-bond donors (Lipinski definition) is 1. The van der Waals surface area contributed by atoms with E-state index in [0.717, 1.165) is 10.9 Å². The average Bonchev–Trinajstić information content (AvgIpc) is 2.78. The predicted molar refractivity (Wildman–Crippen MR) is 69.9 cm³/mol. The quantitative estimate of drug-likeness (QED) is 0.801. The third-order valence-corrected chi connectivity index (χ3v) is 2.85. The van der Waals surface area contributed by atoms with E-state index in [1.807, 2.05) is 48.0 Å². The lowest BCUT2D eigenvalue weighted by molar-refractivity contribution is -0.123. The Balaban J connectivity index is 2.27. The van der Waals surface area contributed by atoms with Crippen LogP contribution < -0.4 is 5.32 Å². The van der Waals surface area contributed by atoms with Crippen LogP contribution in [0, 0.1) is 0 Å². The number of aromatic nitrogens is 1. The van der Waals surface area contributed by atoms with Gasteiger partial charge in [-0.2, -0.15) is 0 Å². The Kier molecular flexibility index (Phi) is 3.28. The largest absolute Gasteiger partial charge is 0.351 e. The lowest BCUT2D eigenvalue weighted by Crippen LogP contribution is -2.30. The molecule has 1 heterocycles. The predicted octanol–water partition coefficient (Wildman–Crippen LogP) is 2.50. The summed E-state index contributed by atoms with van der Waals surface area (Å²) < 4.78 is 1.98. The molecule has 0 fully saturated rings. The molecule has 0 spiro atoms. The van der Waals surface area contributed by atoms with E-state index < -0.39 is 0 Å². The number of hydrogen-bond acceptors (Lipinski definition) is 1. The van der Waals surface area contributed by atoms with E-state index in [4.69, 9.17) is 0 Å². The number of carbonyl (C=O) groups excluding carboxylic acids is 1. The van der Waals surface area contributed by atoms with Crippen LogP contribution in [-0.4, -0.2) is 17.0 Å². The van der Waals surface area contributed by atoms with Gasteiger partial charge < -0.3 is 9.88 Å². The third-order valence-electron chi connectivity index (χ3n) is 2.85. The minimum Gasteiger partial charge on any atom is -0.351 e. The lowest BCUT2D eigenvalue weighted by atomic mass is 10.2. The Morgan fingerprint density at radius 3 is 3.00 bits per heavy atom. The Bertz CT molecular complexity index is 542. The highest BCUT2D eigenvalue weighted by Gasteiger charge is 2.15. The minimum atomic E-state index is -0.213. The molecule has 3 nitrogen and oxygen atoms in total. The lowest BCUT2D eigenvalue weighted by Gasteiger charge is -2.14. The van der Waals surface area contributed by atoms with Gasteiger partial charge in [0.05, 0.1) is 0 Å². The molecule has 0 saturated carbocycles. The van der Waals surface area contributed by atoms with Crippen LogP contribution >= 0.6 is 0 Å². The molecule has 0 radical (unpaired) electrons. The number of amides is 1. The highest BCUT2D eigenvalue weighted by atomic mass is 16.2. The van der Waals surface area contributed by atoms with Gasteiger partial charge in [0, 0.05) is 18.3 Å². The zero-order valence-electron chi connectivity index (χ0n) is 9.89. The maximum Gasteiger partial charge on any atom is 0.243 e. The fourth-order valence-electron chi connectivity index (χ4n) is 1.89. The first-order chi connectivity index (χ1) is 8.24. The van der Waals surface area contributed by atoms with Gasteiger partial charge in [0.15, 0.2) is 0 Å². The van der Waals surface area contributed by atoms with E-state index >= 15 is 0 Å². The zero-order chi connectivity index (χ0) is 12.3. The summed E-state index contributed by atoms with van der Waals surface area (Å²) in [6.07, 6.45) is 3.63. The number of rotatable bonds is 4.